The Labute approximate surface area is 124 Å². The van der Waals surface area contributed by atoms with E-state index in [2.05, 4.69) is 31.2 Å². The van der Waals surface area contributed by atoms with Gasteiger partial charge < -0.3 is 5.32 Å². The van der Waals surface area contributed by atoms with Crippen molar-refractivity contribution < 1.29 is 8.42 Å². The topological polar surface area (TPSA) is 72.0 Å². The normalized spacial score (nSPS) is 11.3. The highest BCUT2D eigenvalue weighted by molar-refractivity contribution is 9.10. The highest BCUT2D eigenvalue weighted by Gasteiger charge is 2.14. The van der Waals surface area contributed by atoms with Gasteiger partial charge in [-0.2, -0.15) is 4.98 Å². The molecular weight excluding hydrogens is 354 g/mol. The Bertz CT molecular complexity index is 722. The van der Waals surface area contributed by atoms with Crippen LogP contribution in [0.15, 0.2) is 39.8 Å². The molecule has 2 rings (SSSR count). The Balaban J connectivity index is 2.47. The minimum Gasteiger partial charge on any atom is -0.338 e. The van der Waals surface area contributed by atoms with Crippen LogP contribution in [0, 0.1) is 0 Å². The van der Waals surface area contributed by atoms with E-state index in [-0.39, 0.29) is 10.2 Å². The summed E-state index contributed by atoms with van der Waals surface area (Å²) in [6.07, 6.45) is 2.64. The van der Waals surface area contributed by atoms with E-state index in [9.17, 15) is 8.42 Å². The van der Waals surface area contributed by atoms with Gasteiger partial charge in [-0.25, -0.2) is 13.4 Å². The summed E-state index contributed by atoms with van der Waals surface area (Å²) in [6.45, 7) is 0. The Morgan fingerprint density at radius 1 is 1.32 bits per heavy atom. The molecule has 100 valence electrons. The number of hydrogen-bond acceptors (Lipinski definition) is 5. The summed E-state index contributed by atoms with van der Waals surface area (Å²) in [4.78, 5) is 7.99. The van der Waals surface area contributed by atoms with Crippen molar-refractivity contribution in [2.45, 2.75) is 4.90 Å². The highest BCUT2D eigenvalue weighted by atomic mass is 79.9. The first-order valence-electron chi connectivity index (χ1n) is 5.12. The molecule has 0 bridgehead atoms. The van der Waals surface area contributed by atoms with Crippen LogP contribution in [0.5, 0.6) is 0 Å². The Kier molecular flexibility index (Phi) is 4.07. The maximum atomic E-state index is 11.7. The van der Waals surface area contributed by atoms with Crippen LogP contribution in [0.1, 0.15) is 0 Å². The molecule has 0 aliphatic heterocycles. The molecule has 0 saturated heterocycles. The van der Waals surface area contributed by atoms with Crippen molar-refractivity contribution in [1.29, 1.82) is 0 Å². The van der Waals surface area contributed by atoms with Crippen LogP contribution in [-0.2, 0) is 9.84 Å². The molecule has 1 aromatic carbocycles. The largest absolute Gasteiger partial charge is 0.338 e. The van der Waals surface area contributed by atoms with E-state index in [1.807, 2.05) is 0 Å². The van der Waals surface area contributed by atoms with Crippen LogP contribution in [-0.4, -0.2) is 24.6 Å². The summed E-state index contributed by atoms with van der Waals surface area (Å²) in [6, 6.07) is 6.56. The zero-order valence-electron chi connectivity index (χ0n) is 9.76. The molecule has 1 aromatic heterocycles. The standard InChI is InChI=1S/C11H9BrClN3O2S/c1-19(17,18)9-5-3-2-4-8(9)15-10-7(12)6-14-11(13)16-10/h2-6H,1H3,(H,14,15,16). The average Bonchev–Trinajstić information content (AvgIpc) is 2.33. The maximum absolute atomic E-state index is 11.7. The predicted molar refractivity (Wildman–Crippen MR) is 77.6 cm³/mol. The molecule has 1 N–H and O–H groups in total. The predicted octanol–water partition coefficient (Wildman–Crippen LogP) is 3.04. The van der Waals surface area contributed by atoms with Gasteiger partial charge in [0.15, 0.2) is 9.84 Å². The molecular formula is C11H9BrClN3O2S. The van der Waals surface area contributed by atoms with Gasteiger partial charge in [0.05, 0.1) is 15.1 Å². The van der Waals surface area contributed by atoms with Crippen LogP contribution < -0.4 is 5.32 Å². The lowest BCUT2D eigenvalue weighted by molar-refractivity contribution is 0.602. The second-order valence-corrected chi connectivity index (χ2v) is 6.91. The van der Waals surface area contributed by atoms with Gasteiger partial charge in [-0.15, -0.1) is 0 Å². The highest BCUT2D eigenvalue weighted by Crippen LogP contribution is 2.28. The van der Waals surface area contributed by atoms with E-state index in [1.54, 1.807) is 18.2 Å². The van der Waals surface area contributed by atoms with Gasteiger partial charge in [0.1, 0.15) is 5.82 Å². The number of anilines is 2. The number of halogens is 2. The van der Waals surface area contributed by atoms with E-state index in [0.717, 1.165) is 6.26 Å². The Morgan fingerprint density at radius 3 is 2.68 bits per heavy atom. The van der Waals surface area contributed by atoms with Crippen molar-refractivity contribution in [3.05, 3.63) is 40.2 Å². The quantitative estimate of drug-likeness (QED) is 0.850. The van der Waals surface area contributed by atoms with Gasteiger partial charge in [0.2, 0.25) is 5.28 Å². The van der Waals surface area contributed by atoms with Crippen LogP contribution >= 0.6 is 27.5 Å². The third-order valence-corrected chi connectivity index (χ3v) is 4.17. The first kappa shape index (κ1) is 14.2. The van der Waals surface area contributed by atoms with E-state index in [0.29, 0.717) is 16.0 Å². The Hall–Kier alpha value is -1.18. The zero-order chi connectivity index (χ0) is 14.0. The van der Waals surface area contributed by atoms with E-state index < -0.39 is 9.84 Å². The van der Waals surface area contributed by atoms with Gasteiger partial charge in [-0.05, 0) is 39.7 Å². The third kappa shape index (κ3) is 3.43. The number of rotatable bonds is 3. The van der Waals surface area contributed by atoms with E-state index >= 15 is 0 Å². The zero-order valence-corrected chi connectivity index (χ0v) is 12.9. The number of nitrogens with one attached hydrogen (secondary N) is 1. The SMILES string of the molecule is CS(=O)(=O)c1ccccc1Nc1nc(Cl)ncc1Br. The summed E-state index contributed by atoms with van der Waals surface area (Å²) in [5.41, 5.74) is 0.431. The number of nitrogens with zero attached hydrogens (tertiary/aromatic N) is 2. The number of aromatic nitrogens is 2. The van der Waals surface area contributed by atoms with Crippen molar-refractivity contribution in [2.24, 2.45) is 0 Å². The molecule has 0 amide bonds. The van der Waals surface area contributed by atoms with E-state index in [4.69, 9.17) is 11.6 Å². The monoisotopic (exact) mass is 361 g/mol. The van der Waals surface area contributed by atoms with Gasteiger partial charge in [0, 0.05) is 12.5 Å². The lowest BCUT2D eigenvalue weighted by atomic mass is 10.3. The third-order valence-electron chi connectivity index (χ3n) is 2.25. The molecule has 19 heavy (non-hydrogen) atoms. The fraction of sp³-hybridized carbons (Fsp3) is 0.0909. The van der Waals surface area contributed by atoms with Gasteiger partial charge >= 0.3 is 0 Å². The fourth-order valence-corrected chi connectivity index (χ4v) is 2.72. The lowest BCUT2D eigenvalue weighted by Gasteiger charge is -2.11. The molecule has 2 aromatic rings. The van der Waals surface area contributed by atoms with Gasteiger partial charge in [0.25, 0.3) is 0 Å². The number of benzene rings is 1. The maximum Gasteiger partial charge on any atom is 0.224 e. The number of hydrogen-bond donors (Lipinski definition) is 1. The summed E-state index contributed by atoms with van der Waals surface area (Å²) in [7, 11) is -3.33. The summed E-state index contributed by atoms with van der Waals surface area (Å²) in [5, 5.41) is 3.00. The molecule has 1 heterocycles. The Morgan fingerprint density at radius 2 is 2.00 bits per heavy atom. The molecule has 0 atom stereocenters. The van der Waals surface area contributed by atoms with Gasteiger partial charge in [-0.3, -0.25) is 0 Å². The first-order valence-corrected chi connectivity index (χ1v) is 8.18. The summed E-state index contributed by atoms with van der Waals surface area (Å²) in [5.74, 6) is 0.399. The first-order chi connectivity index (χ1) is 8.88. The molecule has 0 unspecified atom stereocenters. The van der Waals surface area contributed by atoms with Gasteiger partial charge in [-0.1, -0.05) is 12.1 Å². The second kappa shape index (κ2) is 5.44. The van der Waals surface area contributed by atoms with Crippen molar-refractivity contribution in [3.8, 4) is 0 Å². The summed E-state index contributed by atoms with van der Waals surface area (Å²) >= 11 is 8.98. The number of sulfone groups is 1. The molecule has 0 aliphatic rings. The van der Waals surface area contributed by atoms with Crippen LogP contribution in [0.25, 0.3) is 0 Å². The van der Waals surface area contributed by atoms with Crippen LogP contribution in [0.3, 0.4) is 0 Å². The van der Waals surface area contributed by atoms with Crippen molar-refractivity contribution >= 4 is 48.9 Å². The van der Waals surface area contributed by atoms with E-state index in [1.165, 1.54) is 12.3 Å². The molecule has 8 heteroatoms. The van der Waals surface area contributed by atoms with Crippen molar-refractivity contribution in [2.75, 3.05) is 11.6 Å². The van der Waals surface area contributed by atoms with Crippen molar-refractivity contribution in [3.63, 3.8) is 0 Å². The molecule has 0 spiro atoms. The fourth-order valence-electron chi connectivity index (χ4n) is 1.45. The second-order valence-electron chi connectivity index (χ2n) is 3.73. The molecule has 0 fully saturated rings. The molecule has 5 nitrogen and oxygen atoms in total. The molecule has 0 aliphatic carbocycles. The van der Waals surface area contributed by atoms with Crippen molar-refractivity contribution in [1.82, 2.24) is 9.97 Å². The van der Waals surface area contributed by atoms with Crippen LogP contribution in [0.2, 0.25) is 5.28 Å². The van der Waals surface area contributed by atoms with Crippen LogP contribution in [0.4, 0.5) is 11.5 Å². The lowest BCUT2D eigenvalue weighted by Crippen LogP contribution is -2.04. The molecule has 0 radical (unpaired) electrons. The minimum atomic E-state index is -3.33. The smallest absolute Gasteiger partial charge is 0.224 e. The molecule has 0 saturated carbocycles. The minimum absolute atomic E-state index is 0.0718. The average molecular weight is 363 g/mol. The summed E-state index contributed by atoms with van der Waals surface area (Å²) < 4.78 is 24.0. The number of para-hydroxylation sites is 1.